The minimum atomic E-state index is 0.188. The molecule has 0 aliphatic carbocycles. The van der Waals surface area contributed by atoms with Gasteiger partial charge in [-0.15, -0.1) is 0 Å². The van der Waals surface area contributed by atoms with E-state index in [1.54, 1.807) is 18.5 Å². The third-order valence-electron chi connectivity index (χ3n) is 4.02. The molecule has 90 valence electrons. The number of anilines is 1. The van der Waals surface area contributed by atoms with Gasteiger partial charge in [-0.2, -0.15) is 0 Å². The Morgan fingerprint density at radius 2 is 2.41 bits per heavy atom. The van der Waals surface area contributed by atoms with Crippen LogP contribution in [0, 0.1) is 5.92 Å². The lowest BCUT2D eigenvalue weighted by molar-refractivity contribution is -0.122. The monoisotopic (exact) mass is 231 g/mol. The highest BCUT2D eigenvalue weighted by Crippen LogP contribution is 2.34. The molecular formula is C13H17N3O. The van der Waals surface area contributed by atoms with E-state index >= 15 is 0 Å². The van der Waals surface area contributed by atoms with E-state index in [-0.39, 0.29) is 5.92 Å². The lowest BCUT2D eigenvalue weighted by atomic mass is 9.84. The maximum absolute atomic E-state index is 12.2. The minimum absolute atomic E-state index is 0.188. The molecule has 2 fully saturated rings. The number of carbonyl (C=O) groups is 1. The Balaban J connectivity index is 1.70. The third kappa shape index (κ3) is 1.93. The Hall–Kier alpha value is -1.42. The summed E-state index contributed by atoms with van der Waals surface area (Å²) in [5.41, 5.74) is 7.37. The molecule has 1 aromatic heterocycles. The summed E-state index contributed by atoms with van der Waals surface area (Å²) in [7, 11) is 0. The SMILES string of the molecule is Nc1ccncc1CC(=O)C1CC2CCC1N2. The summed E-state index contributed by atoms with van der Waals surface area (Å²) in [6.45, 7) is 0. The van der Waals surface area contributed by atoms with Crippen LogP contribution in [0.5, 0.6) is 0 Å². The summed E-state index contributed by atoms with van der Waals surface area (Å²) in [6, 6.07) is 2.73. The fraction of sp³-hybridized carbons (Fsp3) is 0.538. The van der Waals surface area contributed by atoms with Crippen LogP contribution < -0.4 is 11.1 Å². The Labute approximate surface area is 101 Å². The van der Waals surface area contributed by atoms with E-state index in [4.69, 9.17) is 5.73 Å². The molecule has 3 unspecified atom stereocenters. The average molecular weight is 231 g/mol. The zero-order valence-corrected chi connectivity index (χ0v) is 9.73. The van der Waals surface area contributed by atoms with Gasteiger partial charge in [0.25, 0.3) is 0 Å². The van der Waals surface area contributed by atoms with Crippen molar-refractivity contribution in [2.45, 2.75) is 37.8 Å². The van der Waals surface area contributed by atoms with Crippen LogP contribution in [0.15, 0.2) is 18.5 Å². The Kier molecular flexibility index (Phi) is 2.59. The van der Waals surface area contributed by atoms with Crippen molar-refractivity contribution in [2.75, 3.05) is 5.73 Å². The fourth-order valence-electron chi connectivity index (χ4n) is 3.08. The highest BCUT2D eigenvalue weighted by atomic mass is 16.1. The number of hydrogen-bond acceptors (Lipinski definition) is 4. The smallest absolute Gasteiger partial charge is 0.142 e. The van der Waals surface area contributed by atoms with Gasteiger partial charge in [0.2, 0.25) is 0 Å². The molecule has 0 saturated carbocycles. The second-order valence-corrected chi connectivity index (χ2v) is 5.11. The van der Waals surface area contributed by atoms with Gasteiger partial charge in [-0.25, -0.2) is 0 Å². The normalized spacial score (nSPS) is 30.7. The van der Waals surface area contributed by atoms with Gasteiger partial charge in [0.05, 0.1) is 0 Å². The highest BCUT2D eigenvalue weighted by molar-refractivity contribution is 5.85. The van der Waals surface area contributed by atoms with E-state index in [1.807, 2.05) is 0 Å². The summed E-state index contributed by atoms with van der Waals surface area (Å²) in [5.74, 6) is 0.498. The summed E-state index contributed by atoms with van der Waals surface area (Å²) in [5, 5.41) is 3.49. The first-order valence-corrected chi connectivity index (χ1v) is 6.21. The van der Waals surface area contributed by atoms with Gasteiger partial charge in [0.15, 0.2) is 0 Å². The molecule has 17 heavy (non-hydrogen) atoms. The predicted molar refractivity (Wildman–Crippen MR) is 65.4 cm³/mol. The Morgan fingerprint density at radius 1 is 1.53 bits per heavy atom. The zero-order chi connectivity index (χ0) is 11.8. The number of pyridine rings is 1. The lowest BCUT2D eigenvalue weighted by Gasteiger charge is -2.18. The quantitative estimate of drug-likeness (QED) is 0.811. The van der Waals surface area contributed by atoms with Crippen molar-refractivity contribution in [3.05, 3.63) is 24.0 Å². The number of nitrogen functional groups attached to an aromatic ring is 1. The molecule has 3 N–H and O–H groups in total. The summed E-state index contributed by atoms with van der Waals surface area (Å²) >= 11 is 0. The number of rotatable bonds is 3. The number of ketones is 1. The number of fused-ring (bicyclic) bond motifs is 2. The first kappa shape index (κ1) is 10.7. The predicted octanol–water partition coefficient (Wildman–Crippen LogP) is 0.916. The molecule has 0 spiro atoms. The van der Waals surface area contributed by atoms with Gasteiger partial charge in [0, 0.05) is 48.1 Å². The van der Waals surface area contributed by atoms with Gasteiger partial charge < -0.3 is 11.1 Å². The molecule has 2 aliphatic rings. The van der Waals surface area contributed by atoms with Crippen LogP contribution in [0.4, 0.5) is 5.69 Å². The van der Waals surface area contributed by atoms with E-state index in [0.29, 0.717) is 30.0 Å². The summed E-state index contributed by atoms with van der Waals surface area (Å²) in [6.07, 6.45) is 7.16. The largest absolute Gasteiger partial charge is 0.398 e. The minimum Gasteiger partial charge on any atom is -0.398 e. The number of hydrogen-bond donors (Lipinski definition) is 2. The number of carbonyl (C=O) groups excluding carboxylic acids is 1. The first-order chi connectivity index (χ1) is 8.24. The molecule has 0 amide bonds. The number of nitrogens with zero attached hydrogens (tertiary/aromatic N) is 1. The second-order valence-electron chi connectivity index (χ2n) is 5.11. The molecule has 3 rings (SSSR count). The molecule has 2 aliphatic heterocycles. The van der Waals surface area contributed by atoms with Crippen molar-refractivity contribution in [1.29, 1.82) is 0 Å². The van der Waals surface area contributed by atoms with Crippen molar-refractivity contribution < 1.29 is 4.79 Å². The number of aromatic nitrogens is 1. The summed E-state index contributed by atoms with van der Waals surface area (Å²) < 4.78 is 0. The van der Waals surface area contributed by atoms with Crippen molar-refractivity contribution in [1.82, 2.24) is 10.3 Å². The van der Waals surface area contributed by atoms with Crippen molar-refractivity contribution >= 4 is 11.5 Å². The van der Waals surface area contributed by atoms with Crippen molar-refractivity contribution in [3.8, 4) is 0 Å². The van der Waals surface area contributed by atoms with Crippen LogP contribution in [-0.4, -0.2) is 22.9 Å². The van der Waals surface area contributed by atoms with Crippen LogP contribution in [0.3, 0.4) is 0 Å². The van der Waals surface area contributed by atoms with Gasteiger partial charge in [0.1, 0.15) is 5.78 Å². The maximum atomic E-state index is 12.2. The van der Waals surface area contributed by atoms with E-state index in [2.05, 4.69) is 10.3 Å². The van der Waals surface area contributed by atoms with E-state index < -0.39 is 0 Å². The van der Waals surface area contributed by atoms with Gasteiger partial charge >= 0.3 is 0 Å². The fourth-order valence-corrected chi connectivity index (χ4v) is 3.08. The van der Waals surface area contributed by atoms with Crippen LogP contribution in [0.2, 0.25) is 0 Å². The molecule has 3 atom stereocenters. The molecule has 2 saturated heterocycles. The molecule has 2 bridgehead atoms. The second kappa shape index (κ2) is 4.11. The van der Waals surface area contributed by atoms with Crippen LogP contribution >= 0.6 is 0 Å². The van der Waals surface area contributed by atoms with E-state index in [0.717, 1.165) is 18.4 Å². The lowest BCUT2D eigenvalue weighted by Crippen LogP contribution is -2.29. The topological polar surface area (TPSA) is 68.0 Å². The van der Waals surface area contributed by atoms with E-state index in [9.17, 15) is 4.79 Å². The maximum Gasteiger partial charge on any atom is 0.142 e. The Bertz CT molecular complexity index is 446. The van der Waals surface area contributed by atoms with Gasteiger partial charge in [-0.1, -0.05) is 0 Å². The molecule has 0 radical (unpaired) electrons. The average Bonchev–Trinajstić information content (AvgIpc) is 2.94. The van der Waals surface area contributed by atoms with E-state index in [1.165, 1.54) is 6.42 Å². The molecule has 1 aromatic rings. The number of nitrogens with one attached hydrogen (secondary N) is 1. The molecular weight excluding hydrogens is 214 g/mol. The Morgan fingerprint density at radius 3 is 3.06 bits per heavy atom. The van der Waals surface area contributed by atoms with Gasteiger partial charge in [-0.05, 0) is 25.3 Å². The highest BCUT2D eigenvalue weighted by Gasteiger charge is 2.42. The van der Waals surface area contributed by atoms with Crippen LogP contribution in [0.1, 0.15) is 24.8 Å². The van der Waals surface area contributed by atoms with Crippen molar-refractivity contribution in [3.63, 3.8) is 0 Å². The number of nitrogens with two attached hydrogens (primary N) is 1. The molecule has 0 aromatic carbocycles. The zero-order valence-electron chi connectivity index (χ0n) is 9.73. The standard InChI is InChI=1S/C13H17N3O/c14-11-3-4-15-7-8(11)5-13(17)10-6-9-1-2-12(10)16-9/h3-4,7,9-10,12,16H,1-2,5-6H2,(H2,14,15). The molecule has 3 heterocycles. The van der Waals surface area contributed by atoms with Gasteiger partial charge in [-0.3, -0.25) is 9.78 Å². The van der Waals surface area contributed by atoms with Crippen LogP contribution in [-0.2, 0) is 11.2 Å². The first-order valence-electron chi connectivity index (χ1n) is 6.21. The van der Waals surface area contributed by atoms with Crippen LogP contribution in [0.25, 0.3) is 0 Å². The third-order valence-corrected chi connectivity index (χ3v) is 4.02. The van der Waals surface area contributed by atoms with Crippen molar-refractivity contribution in [2.24, 2.45) is 5.92 Å². The molecule has 4 nitrogen and oxygen atoms in total. The number of Topliss-reactive ketones (excluding diaryl/α,β-unsaturated/α-hetero) is 1. The molecule has 4 heteroatoms. The summed E-state index contributed by atoms with van der Waals surface area (Å²) in [4.78, 5) is 16.3.